The zero-order valence-electron chi connectivity index (χ0n) is 15.9. The normalized spacial score (nSPS) is 14.0. The van der Waals surface area contributed by atoms with Crippen LogP contribution in [0.4, 0.5) is 0 Å². The molecule has 0 fully saturated rings. The molecule has 1 aromatic rings. The molecule has 0 N–H and O–H groups in total. The molecule has 0 saturated carbocycles. The molecule has 142 valence electrons. The molecule has 0 aliphatic heterocycles. The lowest BCUT2D eigenvalue weighted by molar-refractivity contribution is -0.139. The number of Topliss-reactive ketones (excluding diaryl/α,β-unsaturated/α-hetero) is 3. The van der Waals surface area contributed by atoms with E-state index in [1.165, 1.54) is 21.0 Å². The first kappa shape index (κ1) is 21.5. The molecule has 0 amide bonds. The molecule has 0 saturated heterocycles. The van der Waals surface area contributed by atoms with Crippen LogP contribution in [0.2, 0.25) is 0 Å². The van der Waals surface area contributed by atoms with E-state index in [0.717, 1.165) is 0 Å². The first-order valence-corrected chi connectivity index (χ1v) is 8.64. The van der Waals surface area contributed by atoms with Crippen molar-refractivity contribution in [1.29, 1.82) is 0 Å². The van der Waals surface area contributed by atoms with Crippen molar-refractivity contribution >= 4 is 23.3 Å². The summed E-state index contributed by atoms with van der Waals surface area (Å²) >= 11 is 0. The number of methoxy groups -OCH3 is 1. The van der Waals surface area contributed by atoms with Crippen molar-refractivity contribution in [1.82, 2.24) is 0 Å². The fourth-order valence-corrected chi connectivity index (χ4v) is 2.50. The maximum absolute atomic E-state index is 12.4. The Morgan fingerprint density at radius 1 is 0.923 bits per heavy atom. The van der Waals surface area contributed by atoms with Gasteiger partial charge in [-0.2, -0.15) is 0 Å². The zero-order chi connectivity index (χ0) is 19.9. The van der Waals surface area contributed by atoms with Gasteiger partial charge in [-0.1, -0.05) is 13.8 Å². The molecule has 0 bridgehead atoms. The molecule has 6 nitrogen and oxygen atoms in total. The van der Waals surface area contributed by atoms with Crippen molar-refractivity contribution in [2.45, 2.75) is 34.1 Å². The number of ether oxygens (including phenoxy) is 2. The average Bonchev–Trinajstić information content (AvgIpc) is 2.68. The SMILES string of the molecule is CCC(=O)C(C)C(=O)C(C)C(=O)C(C)COC(=O)c1ccc(OC)cc1. The highest BCUT2D eigenvalue weighted by molar-refractivity contribution is 6.11. The van der Waals surface area contributed by atoms with Crippen molar-refractivity contribution in [3.05, 3.63) is 29.8 Å². The van der Waals surface area contributed by atoms with Gasteiger partial charge in [0.25, 0.3) is 0 Å². The number of ketones is 3. The lowest BCUT2D eigenvalue weighted by Gasteiger charge is -2.18. The molecule has 0 heterocycles. The summed E-state index contributed by atoms with van der Waals surface area (Å²) in [6.45, 7) is 6.16. The molecule has 3 unspecified atom stereocenters. The largest absolute Gasteiger partial charge is 0.497 e. The predicted octanol–water partition coefficient (Wildman–Crippen LogP) is 2.88. The second-order valence-electron chi connectivity index (χ2n) is 6.30. The fourth-order valence-electron chi connectivity index (χ4n) is 2.50. The third-order valence-corrected chi connectivity index (χ3v) is 4.39. The average molecular weight is 362 g/mol. The Hall–Kier alpha value is -2.50. The number of hydrogen-bond acceptors (Lipinski definition) is 6. The van der Waals surface area contributed by atoms with Gasteiger partial charge in [0.2, 0.25) is 0 Å². The fraction of sp³-hybridized carbons (Fsp3) is 0.500. The molecule has 3 atom stereocenters. The van der Waals surface area contributed by atoms with E-state index >= 15 is 0 Å². The third kappa shape index (κ3) is 5.51. The number of carbonyl (C=O) groups excluding carboxylic acids is 4. The van der Waals surface area contributed by atoms with E-state index < -0.39 is 29.5 Å². The van der Waals surface area contributed by atoms with Crippen LogP contribution in [-0.2, 0) is 19.1 Å². The molecule has 0 aliphatic carbocycles. The first-order valence-electron chi connectivity index (χ1n) is 8.64. The van der Waals surface area contributed by atoms with Crippen LogP contribution in [-0.4, -0.2) is 37.0 Å². The molecule has 1 rings (SSSR count). The minimum absolute atomic E-state index is 0.128. The van der Waals surface area contributed by atoms with Crippen LogP contribution in [0.15, 0.2) is 24.3 Å². The predicted molar refractivity (Wildman–Crippen MR) is 96.1 cm³/mol. The van der Waals surface area contributed by atoms with Crippen LogP contribution in [0.3, 0.4) is 0 Å². The Labute approximate surface area is 153 Å². The Morgan fingerprint density at radius 2 is 1.50 bits per heavy atom. The van der Waals surface area contributed by atoms with Crippen molar-refractivity contribution in [3.8, 4) is 5.75 Å². The van der Waals surface area contributed by atoms with E-state index in [-0.39, 0.29) is 24.6 Å². The maximum Gasteiger partial charge on any atom is 0.338 e. The van der Waals surface area contributed by atoms with Gasteiger partial charge in [0, 0.05) is 12.3 Å². The van der Waals surface area contributed by atoms with Gasteiger partial charge in [0.05, 0.1) is 24.5 Å². The number of carbonyl (C=O) groups is 4. The van der Waals surface area contributed by atoms with Crippen LogP contribution < -0.4 is 4.74 Å². The summed E-state index contributed by atoms with van der Waals surface area (Å²) in [7, 11) is 1.53. The van der Waals surface area contributed by atoms with Gasteiger partial charge < -0.3 is 9.47 Å². The van der Waals surface area contributed by atoms with Crippen molar-refractivity contribution in [2.75, 3.05) is 13.7 Å². The zero-order valence-corrected chi connectivity index (χ0v) is 15.9. The summed E-state index contributed by atoms with van der Waals surface area (Å²) in [5.41, 5.74) is 0.344. The van der Waals surface area contributed by atoms with Gasteiger partial charge in [-0.15, -0.1) is 0 Å². The van der Waals surface area contributed by atoms with Gasteiger partial charge in [-0.3, -0.25) is 14.4 Å². The highest BCUT2D eigenvalue weighted by Gasteiger charge is 2.32. The Kier molecular flexibility index (Phi) is 8.16. The number of esters is 1. The van der Waals surface area contributed by atoms with Crippen LogP contribution >= 0.6 is 0 Å². The van der Waals surface area contributed by atoms with Crippen LogP contribution in [0, 0.1) is 17.8 Å². The molecule has 6 heteroatoms. The summed E-state index contributed by atoms with van der Waals surface area (Å²) in [5, 5.41) is 0. The minimum Gasteiger partial charge on any atom is -0.497 e. The van der Waals surface area contributed by atoms with Gasteiger partial charge in [-0.05, 0) is 38.1 Å². The summed E-state index contributed by atoms with van der Waals surface area (Å²) in [4.78, 5) is 48.3. The third-order valence-electron chi connectivity index (χ3n) is 4.39. The summed E-state index contributed by atoms with van der Waals surface area (Å²) < 4.78 is 10.2. The molecule has 0 spiro atoms. The maximum atomic E-state index is 12.4. The second-order valence-corrected chi connectivity index (χ2v) is 6.30. The summed E-state index contributed by atoms with van der Waals surface area (Å²) in [6, 6.07) is 6.41. The van der Waals surface area contributed by atoms with Gasteiger partial charge in [0.15, 0.2) is 5.78 Å². The van der Waals surface area contributed by atoms with Gasteiger partial charge in [-0.25, -0.2) is 4.79 Å². The van der Waals surface area contributed by atoms with E-state index in [1.54, 1.807) is 38.1 Å². The topological polar surface area (TPSA) is 86.7 Å². The van der Waals surface area contributed by atoms with E-state index in [1.807, 2.05) is 0 Å². The Morgan fingerprint density at radius 3 is 2.00 bits per heavy atom. The highest BCUT2D eigenvalue weighted by atomic mass is 16.5. The van der Waals surface area contributed by atoms with E-state index in [9.17, 15) is 19.2 Å². The van der Waals surface area contributed by atoms with Crippen molar-refractivity contribution in [3.63, 3.8) is 0 Å². The smallest absolute Gasteiger partial charge is 0.338 e. The standard InChI is InChI=1S/C20H26O6/c1-6-17(21)13(3)19(23)14(4)18(22)12(2)11-26-20(24)15-7-9-16(25-5)10-8-15/h7-10,12-14H,6,11H2,1-5H3. The van der Waals surface area contributed by atoms with E-state index in [0.29, 0.717) is 11.3 Å². The monoisotopic (exact) mass is 362 g/mol. The van der Waals surface area contributed by atoms with Crippen LogP contribution in [0.5, 0.6) is 5.75 Å². The second kappa shape index (κ2) is 9.85. The summed E-state index contributed by atoms with van der Waals surface area (Å²) in [6.07, 6.45) is 0.253. The highest BCUT2D eigenvalue weighted by Crippen LogP contribution is 2.17. The summed E-state index contributed by atoms with van der Waals surface area (Å²) in [5.74, 6) is -3.20. The van der Waals surface area contributed by atoms with Gasteiger partial charge in [0.1, 0.15) is 23.9 Å². The van der Waals surface area contributed by atoms with Crippen molar-refractivity contribution in [2.24, 2.45) is 17.8 Å². The molecule has 1 aromatic carbocycles. The lowest BCUT2D eigenvalue weighted by atomic mass is 9.85. The number of benzene rings is 1. The van der Waals surface area contributed by atoms with E-state index in [4.69, 9.17) is 9.47 Å². The van der Waals surface area contributed by atoms with Crippen LogP contribution in [0.25, 0.3) is 0 Å². The van der Waals surface area contributed by atoms with Gasteiger partial charge >= 0.3 is 5.97 Å². The molecule has 26 heavy (non-hydrogen) atoms. The molecular weight excluding hydrogens is 336 g/mol. The van der Waals surface area contributed by atoms with Crippen LogP contribution in [0.1, 0.15) is 44.5 Å². The number of rotatable bonds is 10. The first-order chi connectivity index (χ1) is 12.2. The lowest BCUT2D eigenvalue weighted by Crippen LogP contribution is -2.34. The molecule has 0 aromatic heterocycles. The minimum atomic E-state index is -0.907. The Balaban J connectivity index is 2.61. The molecular formula is C20H26O6. The van der Waals surface area contributed by atoms with E-state index in [2.05, 4.69) is 0 Å². The quantitative estimate of drug-likeness (QED) is 0.470. The van der Waals surface area contributed by atoms with Crippen molar-refractivity contribution < 1.29 is 28.7 Å². The molecule has 0 aliphatic rings. The number of hydrogen-bond donors (Lipinski definition) is 0. The molecule has 0 radical (unpaired) electrons. The Bertz CT molecular complexity index is 661.